The Balaban J connectivity index is 2.78. The van der Waals surface area contributed by atoms with Crippen LogP contribution < -0.4 is 15.7 Å². The molecule has 10 nitrogen and oxygen atoms in total. The second-order valence-electron chi connectivity index (χ2n) is 3.80. The molecule has 2 aromatic rings. The van der Waals surface area contributed by atoms with Gasteiger partial charge in [-0.05, 0) is 19.1 Å². The fraction of sp³-hybridized carbons (Fsp3) is 0.111. The number of aromatic amines is 1. The smallest absolute Gasteiger partial charge is 0.123 e. The average molecular weight is 269 g/mol. The van der Waals surface area contributed by atoms with E-state index in [1.807, 2.05) is 0 Å². The number of nitrogens with one attached hydrogen (secondary N) is 1. The first-order valence-electron chi connectivity index (χ1n) is 4.97. The van der Waals surface area contributed by atoms with E-state index >= 15 is 0 Å². The minimum atomic E-state index is -0.860. The molecule has 0 aliphatic heterocycles. The first-order valence-corrected chi connectivity index (χ1v) is 4.97. The second kappa shape index (κ2) is 4.55. The first kappa shape index (κ1) is 13.4. The monoisotopic (exact) mass is 269 g/mol. The first-order chi connectivity index (χ1) is 8.82. The van der Waals surface area contributed by atoms with Gasteiger partial charge in [-0.15, -0.1) is 5.23 Å². The van der Waals surface area contributed by atoms with E-state index in [0.29, 0.717) is 5.69 Å². The lowest BCUT2D eigenvalue weighted by atomic mass is 10.1. The Morgan fingerprint density at radius 2 is 1.68 bits per heavy atom. The molecule has 1 aromatic heterocycles. The lowest BCUT2D eigenvalue weighted by Crippen LogP contribution is -2.14. The Labute approximate surface area is 105 Å². The number of hydrogen-bond acceptors (Lipinski definition) is 9. The van der Waals surface area contributed by atoms with Gasteiger partial charge in [0.2, 0.25) is 0 Å². The van der Waals surface area contributed by atoms with E-state index in [1.165, 1.54) is 6.92 Å². The fourth-order valence-electron chi connectivity index (χ4n) is 1.90. The number of fused-ring (bicyclic) bond motifs is 1. The average Bonchev–Trinajstić information content (AvgIpc) is 2.61. The molecule has 10 heteroatoms. The molecule has 19 heavy (non-hydrogen) atoms. The van der Waals surface area contributed by atoms with Crippen LogP contribution in [0, 0.1) is 22.5 Å². The number of rotatable bonds is 3. The van der Waals surface area contributed by atoms with E-state index < -0.39 is 21.8 Å². The Hall–Kier alpha value is -2.08. The molecule has 2 rings (SSSR count). The normalized spacial score (nSPS) is 10.9. The topological polar surface area (TPSA) is 155 Å². The van der Waals surface area contributed by atoms with Gasteiger partial charge in [-0.1, -0.05) is 0 Å². The van der Waals surface area contributed by atoms with Crippen molar-refractivity contribution in [1.82, 2.24) is 4.98 Å². The van der Waals surface area contributed by atoms with E-state index in [2.05, 4.69) is 4.98 Å². The van der Waals surface area contributed by atoms with Crippen LogP contribution in [0.15, 0.2) is 12.1 Å². The van der Waals surface area contributed by atoms with Crippen molar-refractivity contribution in [2.45, 2.75) is 6.92 Å². The molecule has 0 amide bonds. The highest BCUT2D eigenvalue weighted by Crippen LogP contribution is 2.37. The van der Waals surface area contributed by atoms with Gasteiger partial charge < -0.3 is 31.1 Å². The molecule has 0 saturated carbocycles. The van der Waals surface area contributed by atoms with E-state index in [-0.39, 0.29) is 21.8 Å². The largest absolute Gasteiger partial charge is 0.769 e. The Bertz CT molecular complexity index is 608. The van der Waals surface area contributed by atoms with Crippen LogP contribution in [0.3, 0.4) is 0 Å². The van der Waals surface area contributed by atoms with E-state index in [1.54, 1.807) is 0 Å². The summed E-state index contributed by atoms with van der Waals surface area (Å²) in [6, 6.07) is 2.00. The van der Waals surface area contributed by atoms with Crippen molar-refractivity contribution in [1.29, 1.82) is 0 Å². The highest BCUT2D eigenvalue weighted by molar-refractivity contribution is 6.00. The van der Waals surface area contributed by atoms with Gasteiger partial charge in [0.25, 0.3) is 0 Å². The van der Waals surface area contributed by atoms with Crippen LogP contribution in [-0.4, -0.2) is 20.6 Å². The molecular formula is C9H9N4O6-3. The summed E-state index contributed by atoms with van der Waals surface area (Å²) in [6.07, 6.45) is 0. The molecular weight excluding hydrogens is 260 g/mol. The number of hydrogen-bond donors (Lipinski definition) is 4. The van der Waals surface area contributed by atoms with Crippen LogP contribution in [0.5, 0.6) is 0 Å². The quantitative estimate of drug-likeness (QED) is 0.607. The molecule has 0 unspecified atom stereocenters. The molecule has 0 radical (unpaired) electrons. The third-order valence-corrected chi connectivity index (χ3v) is 2.65. The number of anilines is 3. The molecule has 0 saturated heterocycles. The third-order valence-electron chi connectivity index (χ3n) is 2.65. The summed E-state index contributed by atoms with van der Waals surface area (Å²) in [5.41, 5.74) is -0.752. The lowest BCUT2D eigenvalue weighted by Gasteiger charge is -2.41. The molecule has 0 aliphatic rings. The Kier molecular flexibility index (Phi) is 3.20. The van der Waals surface area contributed by atoms with Gasteiger partial charge in [-0.2, -0.15) is 0 Å². The maximum absolute atomic E-state index is 10.9. The second-order valence-corrected chi connectivity index (χ2v) is 3.80. The minimum Gasteiger partial charge on any atom is -0.769 e. The predicted molar refractivity (Wildman–Crippen MR) is 65.9 cm³/mol. The van der Waals surface area contributed by atoms with Crippen molar-refractivity contribution >= 4 is 28.0 Å². The predicted octanol–water partition coefficient (Wildman–Crippen LogP) is 1.56. The molecule has 0 fully saturated rings. The number of aryl methyl sites for hydroxylation is 1. The molecule has 1 aromatic carbocycles. The van der Waals surface area contributed by atoms with E-state index in [4.69, 9.17) is 15.6 Å². The van der Waals surface area contributed by atoms with Crippen molar-refractivity contribution in [3.8, 4) is 0 Å². The molecule has 0 spiro atoms. The minimum absolute atomic E-state index is 0.0833. The Morgan fingerprint density at radius 3 is 2.16 bits per heavy atom. The summed E-state index contributed by atoms with van der Waals surface area (Å²) >= 11 is 0. The van der Waals surface area contributed by atoms with E-state index in [0.717, 1.165) is 12.1 Å². The van der Waals surface area contributed by atoms with Gasteiger partial charge in [-0.3, -0.25) is 15.6 Å². The standard InChI is InChI=1S/C9H9N4O6/c1-4-9(13(18)19)5-2-7(11(14)15)8(12(16)17)3-6(5)10-4/h2-3,10,16,18-19H,1H3/q-3. The lowest BCUT2D eigenvalue weighted by molar-refractivity contribution is 0.0297. The molecule has 4 N–H and O–H groups in total. The van der Waals surface area contributed by atoms with Gasteiger partial charge in [0.1, 0.15) is 5.69 Å². The summed E-state index contributed by atoms with van der Waals surface area (Å²) in [6.45, 7) is 1.51. The van der Waals surface area contributed by atoms with Gasteiger partial charge in [0, 0.05) is 16.8 Å². The summed E-state index contributed by atoms with van der Waals surface area (Å²) in [5, 5.41) is 58.0. The summed E-state index contributed by atoms with van der Waals surface area (Å²) in [4.78, 5) is 2.71. The van der Waals surface area contributed by atoms with E-state index in [9.17, 15) is 15.6 Å². The zero-order chi connectivity index (χ0) is 14.3. The van der Waals surface area contributed by atoms with Gasteiger partial charge >= 0.3 is 0 Å². The summed E-state index contributed by atoms with van der Waals surface area (Å²) in [7, 11) is 0. The highest BCUT2D eigenvalue weighted by Gasteiger charge is 2.15. The van der Waals surface area contributed by atoms with Crippen LogP contribution in [0.1, 0.15) is 5.69 Å². The fourth-order valence-corrected chi connectivity index (χ4v) is 1.90. The van der Waals surface area contributed by atoms with Crippen LogP contribution in [0.25, 0.3) is 10.9 Å². The number of H-pyrrole nitrogens is 1. The zero-order valence-corrected chi connectivity index (χ0v) is 9.56. The third kappa shape index (κ3) is 2.15. The molecule has 104 valence electrons. The van der Waals surface area contributed by atoms with Crippen LogP contribution in [0.4, 0.5) is 17.1 Å². The number of benzene rings is 1. The maximum atomic E-state index is 10.9. The SMILES string of the molecule is Cc1[nH]c2cc(N([O-])O)c(N([O-])[O-])cc2c1N(O)O. The van der Waals surface area contributed by atoms with Crippen LogP contribution in [-0.2, 0) is 0 Å². The van der Waals surface area contributed by atoms with Gasteiger partial charge in [0.05, 0.1) is 11.2 Å². The number of aromatic nitrogens is 1. The zero-order valence-electron chi connectivity index (χ0n) is 9.56. The molecule has 0 bridgehead atoms. The maximum Gasteiger partial charge on any atom is 0.123 e. The molecule has 0 atom stereocenters. The van der Waals surface area contributed by atoms with Gasteiger partial charge in [0.15, 0.2) is 0 Å². The van der Waals surface area contributed by atoms with Crippen molar-refractivity contribution in [3.63, 3.8) is 0 Å². The Morgan fingerprint density at radius 1 is 1.05 bits per heavy atom. The van der Waals surface area contributed by atoms with Crippen molar-refractivity contribution in [2.75, 3.05) is 15.7 Å². The summed E-state index contributed by atoms with van der Waals surface area (Å²) in [5.74, 6) is 0. The van der Waals surface area contributed by atoms with Crippen molar-refractivity contribution < 1.29 is 15.6 Å². The van der Waals surface area contributed by atoms with Crippen molar-refractivity contribution in [3.05, 3.63) is 33.4 Å². The van der Waals surface area contributed by atoms with Crippen LogP contribution >= 0.6 is 0 Å². The highest BCUT2D eigenvalue weighted by atomic mass is 16.8. The number of nitrogens with zero attached hydrogens (tertiary/aromatic N) is 3. The molecule has 0 aliphatic carbocycles. The molecule has 1 heterocycles. The van der Waals surface area contributed by atoms with Crippen LogP contribution in [0.2, 0.25) is 0 Å². The van der Waals surface area contributed by atoms with Gasteiger partial charge in [-0.25, -0.2) is 0 Å². The van der Waals surface area contributed by atoms with Crippen molar-refractivity contribution in [2.24, 2.45) is 0 Å². The summed E-state index contributed by atoms with van der Waals surface area (Å²) < 4.78 is 0.